The molecule has 0 spiro atoms. The molecule has 30 heavy (non-hydrogen) atoms. The van der Waals surface area contributed by atoms with Crippen molar-refractivity contribution >= 4 is 0 Å². The number of phenolic OH excluding ortho intramolecular Hbond substituents is 1. The zero-order valence-electron chi connectivity index (χ0n) is 16.3. The lowest BCUT2D eigenvalue weighted by atomic mass is 9.98. The van der Waals surface area contributed by atoms with Crippen molar-refractivity contribution in [2.45, 2.75) is 43.6 Å². The van der Waals surface area contributed by atoms with Crippen molar-refractivity contribution in [3.05, 3.63) is 48.5 Å². The van der Waals surface area contributed by atoms with Gasteiger partial charge in [0.15, 0.2) is 12.0 Å². The standard InChI is InChI=1S/C21H21F2N5O2/c1-27-13-3-6-17(27)21(23)19(9-13)30-20-7-5-16(25-26-20)15-4-2-14(8-18(15)29)28-11-12(22)10-24-28/h2,4-5,7-8,10-11,13,17,19,21,29H,3,6,9H2,1H3/t13-,17+,19-,21+/m0/s1. The van der Waals surface area contributed by atoms with Crippen LogP contribution in [-0.4, -0.2) is 61.4 Å². The SMILES string of the molecule is CN1[C@H]2CC[C@@H]1[C@@H](F)[C@@H](Oc1ccc(-c3ccc(-n4cc(F)cn4)cc3O)nn1)C2. The Kier molecular flexibility index (Phi) is 4.62. The highest BCUT2D eigenvalue weighted by Crippen LogP contribution is 2.37. The Labute approximate surface area is 171 Å². The number of piperidine rings is 1. The Bertz CT molecular complexity index is 1060. The Morgan fingerprint density at radius 2 is 2.03 bits per heavy atom. The summed E-state index contributed by atoms with van der Waals surface area (Å²) in [6, 6.07) is 8.36. The molecule has 156 valence electrons. The molecule has 3 aromatic rings. The first-order valence-corrected chi connectivity index (χ1v) is 9.90. The number of benzene rings is 1. The topological polar surface area (TPSA) is 76.3 Å². The number of aromatic nitrogens is 4. The molecule has 0 unspecified atom stereocenters. The van der Waals surface area contributed by atoms with Gasteiger partial charge in [-0.25, -0.2) is 13.5 Å². The van der Waals surface area contributed by atoms with Crippen LogP contribution in [0, 0.1) is 5.82 Å². The van der Waals surface area contributed by atoms with Gasteiger partial charge in [-0.15, -0.1) is 10.2 Å². The first kappa shape index (κ1) is 18.9. The predicted octanol–water partition coefficient (Wildman–Crippen LogP) is 3.13. The molecule has 0 radical (unpaired) electrons. The molecule has 1 aromatic carbocycles. The number of hydrogen-bond donors (Lipinski definition) is 1. The summed E-state index contributed by atoms with van der Waals surface area (Å²) in [5.41, 5.74) is 1.42. The molecule has 2 aliphatic heterocycles. The Hall–Kier alpha value is -3.07. The molecule has 9 heteroatoms. The highest BCUT2D eigenvalue weighted by atomic mass is 19.1. The second kappa shape index (κ2) is 7.32. The smallest absolute Gasteiger partial charge is 0.233 e. The lowest BCUT2D eigenvalue weighted by Gasteiger charge is -2.38. The molecule has 0 aliphatic carbocycles. The van der Waals surface area contributed by atoms with Gasteiger partial charge in [0, 0.05) is 36.2 Å². The molecule has 0 saturated carbocycles. The number of alkyl halides is 1. The maximum atomic E-state index is 14.8. The van der Waals surface area contributed by atoms with Gasteiger partial charge < -0.3 is 9.84 Å². The number of fused-ring (bicyclic) bond motifs is 2. The molecular formula is C21H21F2N5O2. The second-order valence-electron chi connectivity index (χ2n) is 7.86. The van der Waals surface area contributed by atoms with Crippen molar-refractivity contribution < 1.29 is 18.6 Å². The van der Waals surface area contributed by atoms with Crippen molar-refractivity contribution in [3.63, 3.8) is 0 Å². The Morgan fingerprint density at radius 1 is 1.17 bits per heavy atom. The van der Waals surface area contributed by atoms with Gasteiger partial charge in [-0.3, -0.25) is 4.90 Å². The van der Waals surface area contributed by atoms with Gasteiger partial charge in [0.2, 0.25) is 5.88 Å². The molecule has 2 bridgehead atoms. The zero-order chi connectivity index (χ0) is 20.8. The fraction of sp³-hybridized carbons (Fsp3) is 0.381. The Balaban J connectivity index is 1.32. The van der Waals surface area contributed by atoms with Crippen LogP contribution in [-0.2, 0) is 0 Å². The molecule has 2 aromatic heterocycles. The summed E-state index contributed by atoms with van der Waals surface area (Å²) >= 11 is 0. The van der Waals surface area contributed by atoms with E-state index in [1.54, 1.807) is 24.3 Å². The molecule has 0 amide bonds. The minimum Gasteiger partial charge on any atom is -0.507 e. The quantitative estimate of drug-likeness (QED) is 0.708. The van der Waals surface area contributed by atoms with E-state index in [2.05, 4.69) is 20.2 Å². The predicted molar refractivity (Wildman–Crippen MR) is 105 cm³/mol. The third kappa shape index (κ3) is 3.28. The molecule has 4 heterocycles. The zero-order valence-corrected chi connectivity index (χ0v) is 16.3. The van der Waals surface area contributed by atoms with E-state index in [1.165, 1.54) is 16.9 Å². The van der Waals surface area contributed by atoms with Gasteiger partial charge in [-0.05, 0) is 38.1 Å². The second-order valence-corrected chi connectivity index (χ2v) is 7.86. The minimum absolute atomic E-state index is 0.0397. The van der Waals surface area contributed by atoms with Gasteiger partial charge in [0.05, 0.1) is 23.8 Å². The van der Waals surface area contributed by atoms with Crippen molar-refractivity contribution in [2.75, 3.05) is 7.05 Å². The number of halogens is 2. The van der Waals surface area contributed by atoms with Crippen molar-refractivity contribution in [2.24, 2.45) is 0 Å². The summed E-state index contributed by atoms with van der Waals surface area (Å²) in [5.74, 6) is -0.242. The van der Waals surface area contributed by atoms with Crippen LogP contribution in [0.1, 0.15) is 19.3 Å². The highest BCUT2D eigenvalue weighted by molar-refractivity contribution is 5.68. The largest absolute Gasteiger partial charge is 0.507 e. The highest BCUT2D eigenvalue weighted by Gasteiger charge is 2.47. The number of phenols is 1. The molecule has 7 nitrogen and oxygen atoms in total. The summed E-state index contributed by atoms with van der Waals surface area (Å²) in [6.45, 7) is 0. The number of ether oxygens (including phenoxy) is 1. The number of rotatable bonds is 4. The van der Waals surface area contributed by atoms with Crippen LogP contribution in [0.15, 0.2) is 42.7 Å². The van der Waals surface area contributed by atoms with Crippen LogP contribution in [0.4, 0.5) is 8.78 Å². The normalized spacial score (nSPS) is 26.1. The summed E-state index contributed by atoms with van der Waals surface area (Å²) in [4.78, 5) is 2.11. The average Bonchev–Trinajstić information content (AvgIpc) is 3.28. The van der Waals surface area contributed by atoms with E-state index in [-0.39, 0.29) is 17.7 Å². The van der Waals surface area contributed by atoms with E-state index in [1.807, 2.05) is 7.05 Å². The van der Waals surface area contributed by atoms with E-state index in [0.29, 0.717) is 29.4 Å². The molecule has 2 fully saturated rings. The van der Waals surface area contributed by atoms with Crippen LogP contribution in [0.3, 0.4) is 0 Å². The van der Waals surface area contributed by atoms with E-state index < -0.39 is 18.1 Å². The molecule has 2 aliphatic rings. The molecule has 1 N–H and O–H groups in total. The van der Waals surface area contributed by atoms with Gasteiger partial charge in [0.25, 0.3) is 0 Å². The summed E-state index contributed by atoms with van der Waals surface area (Å²) < 4.78 is 35.1. The van der Waals surface area contributed by atoms with E-state index in [0.717, 1.165) is 19.0 Å². The summed E-state index contributed by atoms with van der Waals surface area (Å²) in [6.07, 6.45) is 3.20. The number of hydrogen-bond acceptors (Lipinski definition) is 6. The van der Waals surface area contributed by atoms with E-state index in [9.17, 15) is 13.9 Å². The maximum Gasteiger partial charge on any atom is 0.233 e. The van der Waals surface area contributed by atoms with Crippen LogP contribution in [0.25, 0.3) is 16.9 Å². The van der Waals surface area contributed by atoms with Crippen LogP contribution >= 0.6 is 0 Å². The van der Waals surface area contributed by atoms with Gasteiger partial charge >= 0.3 is 0 Å². The van der Waals surface area contributed by atoms with E-state index >= 15 is 0 Å². The third-order valence-electron chi connectivity index (χ3n) is 6.11. The Morgan fingerprint density at radius 3 is 2.73 bits per heavy atom. The third-order valence-corrected chi connectivity index (χ3v) is 6.11. The summed E-state index contributed by atoms with van der Waals surface area (Å²) in [5, 5.41) is 22.4. The van der Waals surface area contributed by atoms with Crippen LogP contribution < -0.4 is 4.74 Å². The van der Waals surface area contributed by atoms with Crippen molar-refractivity contribution in [3.8, 4) is 28.6 Å². The number of aromatic hydroxyl groups is 1. The van der Waals surface area contributed by atoms with Gasteiger partial charge in [-0.2, -0.15) is 5.10 Å². The molecule has 5 rings (SSSR count). The van der Waals surface area contributed by atoms with Crippen LogP contribution in [0.2, 0.25) is 0 Å². The van der Waals surface area contributed by atoms with Crippen molar-refractivity contribution in [1.82, 2.24) is 24.9 Å². The molecule has 4 atom stereocenters. The fourth-order valence-corrected chi connectivity index (χ4v) is 4.47. The van der Waals surface area contributed by atoms with Crippen molar-refractivity contribution in [1.29, 1.82) is 0 Å². The van der Waals surface area contributed by atoms with E-state index in [4.69, 9.17) is 4.74 Å². The maximum absolute atomic E-state index is 14.8. The first-order chi connectivity index (χ1) is 14.5. The minimum atomic E-state index is -1.06. The van der Waals surface area contributed by atoms with Crippen LogP contribution in [0.5, 0.6) is 11.6 Å². The van der Waals surface area contributed by atoms with Gasteiger partial charge in [-0.1, -0.05) is 0 Å². The lowest BCUT2D eigenvalue weighted by Crippen LogP contribution is -2.52. The first-order valence-electron chi connectivity index (χ1n) is 9.90. The van der Waals surface area contributed by atoms with Gasteiger partial charge in [0.1, 0.15) is 11.9 Å². The summed E-state index contributed by atoms with van der Waals surface area (Å²) in [7, 11) is 1.97. The molecule has 2 saturated heterocycles. The monoisotopic (exact) mass is 413 g/mol. The number of nitrogens with zero attached hydrogens (tertiary/aromatic N) is 5. The fourth-order valence-electron chi connectivity index (χ4n) is 4.47. The average molecular weight is 413 g/mol. The molecular weight excluding hydrogens is 392 g/mol. The lowest BCUT2D eigenvalue weighted by molar-refractivity contribution is -0.0134.